The van der Waals surface area contributed by atoms with Gasteiger partial charge in [0.2, 0.25) is 0 Å². The van der Waals surface area contributed by atoms with E-state index in [-0.39, 0.29) is 0 Å². The standard InChI is InChI=1S/C27H25B5/c1-14-17-9-2-4-11-19(17)21(20-12-5-3-10-18(14)20)15-7-6-8-16(13-15)22-23(28)25(30)27(32)26(31)24(22)29/h2-13H,28-32H2,1H3. The quantitative estimate of drug-likeness (QED) is 0.260. The Morgan fingerprint density at radius 2 is 0.844 bits per heavy atom. The van der Waals surface area contributed by atoms with E-state index in [4.69, 9.17) is 0 Å². The van der Waals surface area contributed by atoms with Gasteiger partial charge in [-0.05, 0) is 62.4 Å². The third-order valence-corrected chi connectivity index (χ3v) is 7.64. The first-order chi connectivity index (χ1) is 15.4. The van der Waals surface area contributed by atoms with Gasteiger partial charge in [0.15, 0.2) is 0 Å². The molecule has 0 fully saturated rings. The molecule has 0 N–H and O–H groups in total. The SMILES string of the molecule is Bc1c(B)c(B)c(-c2cccc(-c3c4ccccc4c(C)c4ccccc34)c2)c(B)c1B. The summed E-state index contributed by atoms with van der Waals surface area (Å²) in [4.78, 5) is 0. The summed E-state index contributed by atoms with van der Waals surface area (Å²) < 4.78 is 0. The average molecular weight is 404 g/mol. The summed E-state index contributed by atoms with van der Waals surface area (Å²) in [6.07, 6.45) is 0. The van der Waals surface area contributed by atoms with Gasteiger partial charge in [0, 0.05) is 0 Å². The van der Waals surface area contributed by atoms with E-state index in [1.165, 1.54) is 76.7 Å². The number of fused-ring (bicyclic) bond motifs is 2. The molecule has 0 unspecified atom stereocenters. The van der Waals surface area contributed by atoms with E-state index in [1.807, 2.05) is 0 Å². The Morgan fingerprint density at radius 1 is 0.438 bits per heavy atom. The minimum atomic E-state index is 1.28. The van der Waals surface area contributed by atoms with E-state index < -0.39 is 0 Å². The van der Waals surface area contributed by atoms with E-state index in [2.05, 4.69) is 119 Å². The van der Waals surface area contributed by atoms with E-state index >= 15 is 0 Å². The van der Waals surface area contributed by atoms with E-state index in [0.717, 1.165) is 0 Å². The molecule has 0 amide bonds. The maximum atomic E-state index is 2.40. The van der Waals surface area contributed by atoms with Crippen molar-refractivity contribution in [2.24, 2.45) is 0 Å². The smallest absolute Gasteiger partial charge is 0.102 e. The van der Waals surface area contributed by atoms with Crippen LogP contribution in [0.4, 0.5) is 0 Å². The van der Waals surface area contributed by atoms with Gasteiger partial charge in [0.05, 0.1) is 0 Å². The highest BCUT2D eigenvalue weighted by Gasteiger charge is 2.16. The molecule has 0 aliphatic heterocycles. The number of hydrogen-bond acceptors (Lipinski definition) is 0. The number of benzene rings is 5. The lowest BCUT2D eigenvalue weighted by Gasteiger charge is -2.21. The summed E-state index contributed by atoms with van der Waals surface area (Å²) in [6.45, 7) is 2.25. The highest BCUT2D eigenvalue weighted by molar-refractivity contribution is 6.68. The molecule has 148 valence electrons. The fourth-order valence-electron chi connectivity index (χ4n) is 5.42. The third kappa shape index (κ3) is 3.06. The van der Waals surface area contributed by atoms with Crippen LogP contribution in [0.3, 0.4) is 0 Å². The van der Waals surface area contributed by atoms with Crippen molar-refractivity contribution < 1.29 is 0 Å². The van der Waals surface area contributed by atoms with Gasteiger partial charge < -0.3 is 0 Å². The molecule has 0 heterocycles. The topological polar surface area (TPSA) is 0 Å². The lowest BCUT2D eigenvalue weighted by Crippen LogP contribution is -2.55. The summed E-state index contributed by atoms with van der Waals surface area (Å²) >= 11 is 0. The molecule has 0 spiro atoms. The molecule has 0 saturated carbocycles. The predicted octanol–water partition coefficient (Wildman–Crippen LogP) is -1.07. The van der Waals surface area contributed by atoms with Crippen molar-refractivity contribution in [2.45, 2.75) is 6.92 Å². The van der Waals surface area contributed by atoms with Crippen LogP contribution in [0.1, 0.15) is 5.56 Å². The van der Waals surface area contributed by atoms with Crippen LogP contribution < -0.4 is 27.3 Å². The van der Waals surface area contributed by atoms with Gasteiger partial charge in [-0.3, -0.25) is 0 Å². The predicted molar refractivity (Wildman–Crippen MR) is 158 cm³/mol. The lowest BCUT2D eigenvalue weighted by atomic mass is 9.59. The third-order valence-electron chi connectivity index (χ3n) is 7.64. The Bertz CT molecular complexity index is 1450. The van der Waals surface area contributed by atoms with Gasteiger partial charge in [-0.2, -0.15) is 0 Å². The summed E-state index contributed by atoms with van der Waals surface area (Å²) in [6, 6.07) is 26.8. The second-order valence-electron chi connectivity index (χ2n) is 9.17. The zero-order chi connectivity index (χ0) is 22.6. The molecule has 0 aliphatic rings. The first-order valence-electron chi connectivity index (χ1n) is 11.5. The van der Waals surface area contributed by atoms with Crippen molar-refractivity contribution in [3.63, 3.8) is 0 Å². The molecular formula is C27H25B5. The van der Waals surface area contributed by atoms with Gasteiger partial charge in [-0.25, -0.2) is 0 Å². The molecule has 0 aliphatic carbocycles. The van der Waals surface area contributed by atoms with Crippen LogP contribution >= 0.6 is 0 Å². The molecule has 0 aromatic heterocycles. The van der Waals surface area contributed by atoms with Crippen LogP contribution in [0.15, 0.2) is 72.8 Å². The van der Waals surface area contributed by atoms with E-state index in [1.54, 1.807) is 0 Å². The minimum Gasteiger partial charge on any atom is -0.102 e. The maximum Gasteiger partial charge on any atom is 0.139 e. The molecule has 5 aromatic carbocycles. The molecule has 0 radical (unpaired) electrons. The van der Waals surface area contributed by atoms with Gasteiger partial charge >= 0.3 is 0 Å². The molecule has 5 rings (SSSR count). The van der Waals surface area contributed by atoms with Crippen molar-refractivity contribution in [2.75, 3.05) is 0 Å². The van der Waals surface area contributed by atoms with Crippen molar-refractivity contribution in [1.29, 1.82) is 0 Å². The molecule has 0 atom stereocenters. The van der Waals surface area contributed by atoms with Crippen LogP contribution in [-0.2, 0) is 0 Å². The molecule has 32 heavy (non-hydrogen) atoms. The Kier molecular flexibility index (Phi) is 5.09. The largest absolute Gasteiger partial charge is 0.139 e. The van der Waals surface area contributed by atoms with Crippen LogP contribution in [0, 0.1) is 6.92 Å². The summed E-state index contributed by atoms with van der Waals surface area (Å²) in [7, 11) is 11.3. The maximum absolute atomic E-state index is 2.40. The van der Waals surface area contributed by atoms with Crippen LogP contribution in [-0.4, -0.2) is 39.2 Å². The first-order valence-corrected chi connectivity index (χ1v) is 11.5. The first kappa shape index (κ1) is 20.8. The van der Waals surface area contributed by atoms with Crippen molar-refractivity contribution >= 4 is 88.1 Å². The van der Waals surface area contributed by atoms with Crippen molar-refractivity contribution in [1.82, 2.24) is 0 Å². The molecule has 5 aromatic rings. The lowest BCUT2D eigenvalue weighted by molar-refractivity contribution is 1.57. The normalized spacial score (nSPS) is 11.3. The monoisotopic (exact) mass is 404 g/mol. The Balaban J connectivity index is 1.85. The van der Waals surface area contributed by atoms with E-state index in [9.17, 15) is 0 Å². The Labute approximate surface area is 195 Å². The van der Waals surface area contributed by atoms with Gasteiger partial charge in [-0.1, -0.05) is 77.7 Å². The highest BCUT2D eigenvalue weighted by Crippen LogP contribution is 2.39. The number of hydrogen-bond donors (Lipinski definition) is 0. The van der Waals surface area contributed by atoms with Crippen LogP contribution in [0.5, 0.6) is 0 Å². The molecular weight excluding hydrogens is 378 g/mol. The van der Waals surface area contributed by atoms with Gasteiger partial charge in [0.25, 0.3) is 0 Å². The van der Waals surface area contributed by atoms with Gasteiger partial charge in [0.1, 0.15) is 39.2 Å². The zero-order valence-corrected chi connectivity index (χ0v) is 19.9. The van der Waals surface area contributed by atoms with Crippen LogP contribution in [0.25, 0.3) is 43.8 Å². The van der Waals surface area contributed by atoms with Gasteiger partial charge in [-0.15, -0.1) is 16.4 Å². The average Bonchev–Trinajstić information content (AvgIpc) is 2.82. The van der Waals surface area contributed by atoms with Crippen molar-refractivity contribution in [3.05, 3.63) is 78.4 Å². The second-order valence-corrected chi connectivity index (χ2v) is 9.17. The molecule has 5 heteroatoms. The minimum absolute atomic E-state index is 1.28. The van der Waals surface area contributed by atoms with E-state index in [0.29, 0.717) is 0 Å². The summed E-state index contributed by atoms with van der Waals surface area (Å²) in [5.74, 6) is 0. The second kappa shape index (κ2) is 7.82. The van der Waals surface area contributed by atoms with Crippen LogP contribution in [0.2, 0.25) is 0 Å². The molecule has 0 saturated heterocycles. The molecule has 0 nitrogen and oxygen atoms in total. The fourth-order valence-corrected chi connectivity index (χ4v) is 5.42. The number of rotatable bonds is 2. The highest BCUT2D eigenvalue weighted by atomic mass is 14.2. The summed E-state index contributed by atoms with van der Waals surface area (Å²) in [5.41, 5.74) is 13.7. The fraction of sp³-hybridized carbons (Fsp3) is 0.0370. The molecule has 0 bridgehead atoms. The summed E-state index contributed by atoms with van der Waals surface area (Å²) in [5, 5.41) is 5.32. The Hall–Kier alpha value is -3.06. The Morgan fingerprint density at radius 3 is 1.34 bits per heavy atom. The van der Waals surface area contributed by atoms with Crippen molar-refractivity contribution in [3.8, 4) is 22.3 Å². The zero-order valence-electron chi connectivity index (χ0n) is 19.9. The number of aryl methyl sites for hydroxylation is 1.